The van der Waals surface area contributed by atoms with Crippen LogP contribution in [-0.2, 0) is 19.6 Å². The Morgan fingerprint density at radius 2 is 0.667 bits per heavy atom. The van der Waals surface area contributed by atoms with Gasteiger partial charge in [0, 0.05) is 23.7 Å². The Labute approximate surface area is 223 Å². The van der Waals surface area contributed by atoms with Gasteiger partial charge in [-0.2, -0.15) is 9.78 Å². The normalized spacial score (nSPS) is 18.8. The lowest BCUT2D eigenvalue weighted by atomic mass is 9.78. The molecule has 0 saturated carbocycles. The Morgan fingerprint density at radius 3 is 0.806 bits per heavy atom. The number of unbranched alkanes of at least 4 members (excludes halogenated alkanes) is 4. The Hall–Kier alpha value is -0.240. The zero-order chi connectivity index (χ0) is 27.5. The predicted molar refractivity (Wildman–Crippen MR) is 148 cm³/mol. The van der Waals surface area contributed by atoms with Gasteiger partial charge in [-0.15, -0.1) is 0 Å². The van der Waals surface area contributed by atoms with Gasteiger partial charge in [0.2, 0.25) is 11.6 Å². The van der Waals surface area contributed by atoms with Crippen LogP contribution in [0.4, 0.5) is 0 Å². The van der Waals surface area contributed by atoms with E-state index < -0.39 is 11.6 Å². The summed E-state index contributed by atoms with van der Waals surface area (Å²) >= 11 is 0. The van der Waals surface area contributed by atoms with Crippen molar-refractivity contribution in [2.45, 2.75) is 170 Å². The van der Waals surface area contributed by atoms with Gasteiger partial charge in [-0.1, -0.05) is 107 Å². The Morgan fingerprint density at radius 1 is 0.444 bits per heavy atom. The van der Waals surface area contributed by atoms with Crippen LogP contribution in [0.25, 0.3) is 0 Å². The first-order chi connectivity index (χ1) is 17.4. The molecule has 0 spiro atoms. The van der Waals surface area contributed by atoms with Crippen LogP contribution in [0.15, 0.2) is 0 Å². The summed E-state index contributed by atoms with van der Waals surface area (Å²) in [5.74, 6) is -2.83. The van der Waals surface area contributed by atoms with Gasteiger partial charge < -0.3 is 0 Å². The second-order valence-electron chi connectivity index (χ2n) is 10.8. The van der Waals surface area contributed by atoms with E-state index in [-0.39, 0.29) is 23.7 Å². The average molecular weight is 519 g/mol. The van der Waals surface area contributed by atoms with Gasteiger partial charge in [0.25, 0.3) is 0 Å². The molecule has 218 valence electrons. The smallest absolute Gasteiger partial charge is 0.239 e. The highest BCUT2D eigenvalue weighted by atomic mass is 17.3. The molecule has 0 fully saturated rings. The molecule has 0 amide bonds. The van der Waals surface area contributed by atoms with Crippen molar-refractivity contribution in [2.24, 2.45) is 23.7 Å². The van der Waals surface area contributed by atoms with E-state index in [2.05, 4.69) is 55.4 Å². The van der Waals surface area contributed by atoms with Crippen molar-refractivity contribution < 1.29 is 30.1 Å². The Bertz CT molecular complexity index is 424. The monoisotopic (exact) mass is 518 g/mol. The van der Waals surface area contributed by atoms with Gasteiger partial charge in [0.1, 0.15) is 0 Å². The van der Waals surface area contributed by atoms with Gasteiger partial charge in [0.05, 0.1) is 0 Å². The van der Waals surface area contributed by atoms with E-state index in [1.54, 1.807) is 0 Å². The van der Waals surface area contributed by atoms with Crippen LogP contribution in [-0.4, -0.2) is 22.1 Å². The number of rotatable bonds is 25. The van der Waals surface area contributed by atoms with Crippen LogP contribution in [0.3, 0.4) is 0 Å². The lowest BCUT2D eigenvalue weighted by Gasteiger charge is -2.47. The summed E-state index contributed by atoms with van der Waals surface area (Å²) in [7, 11) is 0. The maximum absolute atomic E-state index is 10.5. The summed E-state index contributed by atoms with van der Waals surface area (Å²) < 4.78 is 0. The molecule has 0 rings (SSSR count). The Balaban J connectivity index is 6.56. The standard InChI is InChI=1S/C30H62O6/c1-9-17-21-25(13-5)29(33-31,26(14-6)22-18-10-2)35-36-30(34-32,27(15-7)23-19-11-3)28(16-8)24-20-12-4/h25-28,31-32H,9-24H2,1-8H3. The molecule has 4 atom stereocenters. The number of hydrogen-bond acceptors (Lipinski definition) is 6. The zero-order valence-corrected chi connectivity index (χ0v) is 25.2. The van der Waals surface area contributed by atoms with Crippen molar-refractivity contribution in [3.05, 3.63) is 0 Å². The maximum atomic E-state index is 10.5. The first-order valence-corrected chi connectivity index (χ1v) is 15.4. The molecule has 0 aliphatic carbocycles. The van der Waals surface area contributed by atoms with Gasteiger partial charge >= 0.3 is 0 Å². The highest BCUT2D eigenvalue weighted by molar-refractivity contribution is 4.87. The largest absolute Gasteiger partial charge is 0.249 e. The molecular weight excluding hydrogens is 456 g/mol. The molecule has 0 bridgehead atoms. The highest BCUT2D eigenvalue weighted by Gasteiger charge is 2.54. The van der Waals surface area contributed by atoms with Crippen LogP contribution < -0.4 is 0 Å². The molecule has 0 aliphatic heterocycles. The average Bonchev–Trinajstić information content (AvgIpc) is 2.91. The lowest BCUT2D eigenvalue weighted by Crippen LogP contribution is -2.55. The van der Waals surface area contributed by atoms with Crippen LogP contribution in [0, 0.1) is 23.7 Å². The molecule has 0 heterocycles. The van der Waals surface area contributed by atoms with Gasteiger partial charge in [-0.25, -0.2) is 20.3 Å². The van der Waals surface area contributed by atoms with Crippen molar-refractivity contribution in [1.29, 1.82) is 0 Å². The van der Waals surface area contributed by atoms with Crippen LogP contribution in [0.1, 0.15) is 158 Å². The minimum Gasteiger partial charge on any atom is -0.249 e. The number of hydrogen-bond donors (Lipinski definition) is 2. The summed E-state index contributed by atoms with van der Waals surface area (Å²) in [6.07, 6.45) is 14.9. The molecule has 0 aliphatic rings. The van der Waals surface area contributed by atoms with Crippen molar-refractivity contribution >= 4 is 0 Å². The molecule has 36 heavy (non-hydrogen) atoms. The molecule has 6 heteroatoms. The third-order valence-electron chi connectivity index (χ3n) is 8.46. The second-order valence-corrected chi connectivity index (χ2v) is 10.8. The third-order valence-corrected chi connectivity index (χ3v) is 8.46. The molecule has 6 nitrogen and oxygen atoms in total. The summed E-state index contributed by atoms with van der Waals surface area (Å²) in [6.45, 7) is 17.1. The van der Waals surface area contributed by atoms with Crippen molar-refractivity contribution in [3.63, 3.8) is 0 Å². The van der Waals surface area contributed by atoms with E-state index in [4.69, 9.17) is 19.6 Å². The van der Waals surface area contributed by atoms with Gasteiger partial charge in [-0.05, 0) is 51.4 Å². The third kappa shape index (κ3) is 9.81. The van der Waals surface area contributed by atoms with Crippen LogP contribution in [0.5, 0.6) is 0 Å². The molecule has 0 radical (unpaired) electrons. The highest BCUT2D eigenvalue weighted by Crippen LogP contribution is 2.46. The first kappa shape index (κ1) is 35.8. The fourth-order valence-corrected chi connectivity index (χ4v) is 5.96. The fraction of sp³-hybridized carbons (Fsp3) is 1.00. The topological polar surface area (TPSA) is 77.4 Å². The Kier molecular flexibility index (Phi) is 20.6. The van der Waals surface area contributed by atoms with Gasteiger partial charge in [0.15, 0.2) is 0 Å². The van der Waals surface area contributed by atoms with Crippen molar-refractivity contribution in [2.75, 3.05) is 0 Å². The second kappa shape index (κ2) is 20.7. The van der Waals surface area contributed by atoms with E-state index in [9.17, 15) is 10.5 Å². The van der Waals surface area contributed by atoms with Gasteiger partial charge in [-0.3, -0.25) is 0 Å². The maximum Gasteiger partial charge on any atom is 0.239 e. The zero-order valence-electron chi connectivity index (χ0n) is 25.2. The summed E-state index contributed by atoms with van der Waals surface area (Å²) in [4.78, 5) is 23.6. The van der Waals surface area contributed by atoms with E-state index in [1.165, 1.54) is 0 Å². The molecule has 4 unspecified atom stereocenters. The molecule has 0 aromatic carbocycles. The van der Waals surface area contributed by atoms with E-state index in [1.807, 2.05) is 0 Å². The quantitative estimate of drug-likeness (QED) is 0.0711. The van der Waals surface area contributed by atoms with Crippen molar-refractivity contribution in [1.82, 2.24) is 0 Å². The van der Waals surface area contributed by atoms with Crippen LogP contribution in [0.2, 0.25) is 0 Å². The predicted octanol–water partition coefficient (Wildman–Crippen LogP) is 10.2. The summed E-state index contributed by atoms with van der Waals surface area (Å²) in [6, 6.07) is 0. The summed E-state index contributed by atoms with van der Waals surface area (Å²) in [5, 5.41) is 21.0. The lowest BCUT2D eigenvalue weighted by molar-refractivity contribution is -0.601. The molecule has 0 aromatic rings. The van der Waals surface area contributed by atoms with E-state index in [0.29, 0.717) is 0 Å². The minimum atomic E-state index is -1.32. The van der Waals surface area contributed by atoms with E-state index in [0.717, 1.165) is 103 Å². The summed E-state index contributed by atoms with van der Waals surface area (Å²) in [5.41, 5.74) is 0. The van der Waals surface area contributed by atoms with E-state index >= 15 is 0 Å². The van der Waals surface area contributed by atoms with Crippen LogP contribution >= 0.6 is 0 Å². The first-order valence-electron chi connectivity index (χ1n) is 15.4. The SMILES string of the molecule is CCCCC(CC)C(OO)(OOC(OO)(C(CC)CCCC)C(CC)CCCC)C(CC)CCCC. The van der Waals surface area contributed by atoms with Crippen molar-refractivity contribution in [3.8, 4) is 0 Å². The molecular formula is C30H62O6. The molecule has 0 saturated heterocycles. The molecule has 2 N–H and O–H groups in total. The minimum absolute atomic E-state index is 0.0490. The fourth-order valence-electron chi connectivity index (χ4n) is 5.96. The molecule has 0 aromatic heterocycles.